The molecule has 8 aliphatic carbocycles. The zero-order valence-corrected chi connectivity index (χ0v) is 35.7. The van der Waals surface area contributed by atoms with E-state index in [1.165, 1.54) is 51.4 Å². The summed E-state index contributed by atoms with van der Waals surface area (Å²) >= 11 is 0. The number of carbonyl (C=O) groups is 2. The molecule has 0 spiro atoms. The third kappa shape index (κ3) is 11.8. The van der Waals surface area contributed by atoms with Gasteiger partial charge < -0.3 is 37.9 Å². The second kappa shape index (κ2) is 21.2. The van der Waals surface area contributed by atoms with Crippen LogP contribution >= 0.6 is 0 Å². The highest BCUT2D eigenvalue weighted by atomic mass is 16.7. The van der Waals surface area contributed by atoms with Crippen LogP contribution in [0.4, 0.5) is 9.59 Å². The number of carbonyl (C=O) groups excluding carboxylic acids is 2. The number of methoxy groups -OCH3 is 2. The van der Waals surface area contributed by atoms with Crippen LogP contribution in [0.5, 0.6) is 0 Å². The first kappa shape index (κ1) is 43.4. The molecule has 0 aliphatic heterocycles. The minimum Gasteiger partial charge on any atom is -0.432 e. The van der Waals surface area contributed by atoms with Crippen LogP contribution in [0, 0.1) is 71.0 Å². The molecular formula is C48H72O10. The molecule has 0 aromatic rings. The number of hydrogen-bond donors (Lipinski definition) is 0. The molecule has 0 radical (unpaired) electrons. The van der Waals surface area contributed by atoms with Crippen molar-refractivity contribution in [2.45, 2.75) is 115 Å². The summed E-state index contributed by atoms with van der Waals surface area (Å²) in [6.07, 6.45) is 30.5. The Kier molecular flexibility index (Phi) is 15.9. The first-order chi connectivity index (χ1) is 28.3. The van der Waals surface area contributed by atoms with Gasteiger partial charge in [-0.15, -0.1) is 0 Å². The Morgan fingerprint density at radius 3 is 1.22 bits per heavy atom. The van der Waals surface area contributed by atoms with Crippen molar-refractivity contribution >= 4 is 12.3 Å². The van der Waals surface area contributed by atoms with E-state index in [-0.39, 0.29) is 31.0 Å². The lowest BCUT2D eigenvalue weighted by atomic mass is 9.88. The van der Waals surface area contributed by atoms with Crippen LogP contribution in [-0.2, 0) is 37.9 Å². The highest BCUT2D eigenvalue weighted by molar-refractivity contribution is 5.60. The monoisotopic (exact) mass is 809 g/mol. The summed E-state index contributed by atoms with van der Waals surface area (Å²) in [4.78, 5) is 24.3. The van der Waals surface area contributed by atoms with Crippen molar-refractivity contribution in [3.8, 4) is 0 Å². The van der Waals surface area contributed by atoms with Gasteiger partial charge in [-0.2, -0.15) is 0 Å². The van der Waals surface area contributed by atoms with Gasteiger partial charge in [0.2, 0.25) is 0 Å². The SMILES string of the molecule is CCC(CC1CC2C=CC1C2)OC(=O)OCC(CC1CC2C=CC1C2)OC.CCC(COCC1CC2C=CC1C2)OC(=O)OCC(COCC1CC2C=CC1C2)OC. The van der Waals surface area contributed by atoms with Crippen molar-refractivity contribution in [2.24, 2.45) is 71.0 Å². The third-order valence-corrected chi connectivity index (χ3v) is 14.9. The Balaban J connectivity index is 0.000000178. The summed E-state index contributed by atoms with van der Waals surface area (Å²) in [6.45, 7) is 6.80. The van der Waals surface area contributed by atoms with E-state index in [0.717, 1.165) is 56.1 Å². The molecule has 10 nitrogen and oxygen atoms in total. The van der Waals surface area contributed by atoms with Gasteiger partial charge in [-0.1, -0.05) is 62.5 Å². The second-order valence-corrected chi connectivity index (χ2v) is 18.8. The number of hydrogen-bond acceptors (Lipinski definition) is 10. The van der Waals surface area contributed by atoms with E-state index < -0.39 is 12.3 Å². The fraction of sp³-hybridized carbons (Fsp3) is 0.792. The fourth-order valence-corrected chi connectivity index (χ4v) is 11.5. The summed E-state index contributed by atoms with van der Waals surface area (Å²) < 4.78 is 44.5. The van der Waals surface area contributed by atoms with Crippen LogP contribution in [0.2, 0.25) is 0 Å². The van der Waals surface area contributed by atoms with Crippen molar-refractivity contribution in [3.63, 3.8) is 0 Å². The second-order valence-electron chi connectivity index (χ2n) is 18.8. The highest BCUT2D eigenvalue weighted by Crippen LogP contribution is 2.47. The summed E-state index contributed by atoms with van der Waals surface area (Å²) in [5.41, 5.74) is 0. The van der Waals surface area contributed by atoms with Crippen molar-refractivity contribution < 1.29 is 47.5 Å². The van der Waals surface area contributed by atoms with E-state index in [1.807, 2.05) is 6.92 Å². The van der Waals surface area contributed by atoms with E-state index in [1.54, 1.807) is 14.2 Å². The molecule has 16 unspecified atom stereocenters. The Morgan fingerprint density at radius 1 is 0.466 bits per heavy atom. The van der Waals surface area contributed by atoms with Gasteiger partial charge >= 0.3 is 12.3 Å². The molecule has 324 valence electrons. The number of fused-ring (bicyclic) bond motifs is 8. The Hall–Kier alpha value is -2.66. The normalized spacial score (nSPS) is 35.9. The molecule has 8 bridgehead atoms. The summed E-state index contributed by atoms with van der Waals surface area (Å²) in [7, 11) is 3.32. The van der Waals surface area contributed by atoms with Crippen molar-refractivity contribution in [2.75, 3.05) is 53.9 Å². The molecule has 16 atom stereocenters. The van der Waals surface area contributed by atoms with E-state index >= 15 is 0 Å². The first-order valence-corrected chi connectivity index (χ1v) is 22.9. The molecule has 4 saturated carbocycles. The molecule has 0 aromatic carbocycles. The van der Waals surface area contributed by atoms with Crippen molar-refractivity contribution in [1.29, 1.82) is 0 Å². The average molecular weight is 809 g/mol. The van der Waals surface area contributed by atoms with E-state index in [9.17, 15) is 9.59 Å². The molecule has 0 amide bonds. The minimum atomic E-state index is -0.668. The Labute approximate surface area is 347 Å². The predicted octanol–water partition coefficient (Wildman–Crippen LogP) is 9.53. The van der Waals surface area contributed by atoms with Gasteiger partial charge in [0.25, 0.3) is 0 Å². The molecule has 10 heteroatoms. The average Bonchev–Trinajstić information content (AvgIpc) is 4.11. The molecule has 0 heterocycles. The van der Waals surface area contributed by atoms with Crippen molar-refractivity contribution in [1.82, 2.24) is 0 Å². The maximum absolute atomic E-state index is 12.2. The maximum Gasteiger partial charge on any atom is 0.508 e. The smallest absolute Gasteiger partial charge is 0.432 e. The van der Waals surface area contributed by atoms with Crippen LogP contribution in [0.1, 0.15) is 90.9 Å². The van der Waals surface area contributed by atoms with Gasteiger partial charge in [0, 0.05) is 14.2 Å². The molecule has 4 fully saturated rings. The number of ether oxygens (including phenoxy) is 8. The van der Waals surface area contributed by atoms with Gasteiger partial charge in [0.05, 0.1) is 32.5 Å². The maximum atomic E-state index is 12.2. The summed E-state index contributed by atoms with van der Waals surface area (Å²) in [6, 6.07) is 0. The topological polar surface area (TPSA) is 108 Å². The predicted molar refractivity (Wildman–Crippen MR) is 221 cm³/mol. The third-order valence-electron chi connectivity index (χ3n) is 14.9. The van der Waals surface area contributed by atoms with Gasteiger partial charge in [-0.25, -0.2) is 9.59 Å². The van der Waals surface area contributed by atoms with Crippen LogP contribution < -0.4 is 0 Å². The largest absolute Gasteiger partial charge is 0.508 e. The van der Waals surface area contributed by atoms with E-state index in [4.69, 9.17) is 37.9 Å². The lowest BCUT2D eigenvalue weighted by molar-refractivity contribution is -0.0596. The lowest BCUT2D eigenvalue weighted by Gasteiger charge is -2.25. The Morgan fingerprint density at radius 2 is 0.845 bits per heavy atom. The summed E-state index contributed by atoms with van der Waals surface area (Å²) in [5.74, 6) is 8.28. The standard InChI is InChI=1S/C25H38O6.C23H34O4/c1-3-23(14-28-12-21-10-17-4-6-19(21)8-17)31-25(26)30-16-24(27-2)15-29-13-22-11-18-5-7-20(22)9-18;1-3-21(12-19-10-15-4-6-17(19)8-15)27-23(24)26-14-22(25-2)13-20-11-16-5-7-18(20)9-16/h4-7,17-24H,3,8-16H2,1-2H3;4-7,15-22H,3,8-14H2,1-2H3. The summed E-state index contributed by atoms with van der Waals surface area (Å²) in [5, 5.41) is 0. The van der Waals surface area contributed by atoms with Crippen LogP contribution in [0.15, 0.2) is 48.6 Å². The van der Waals surface area contributed by atoms with Gasteiger partial charge in [0.15, 0.2) is 0 Å². The zero-order valence-electron chi connectivity index (χ0n) is 35.7. The van der Waals surface area contributed by atoms with Gasteiger partial charge in [-0.3, -0.25) is 0 Å². The molecular weight excluding hydrogens is 737 g/mol. The lowest BCUT2D eigenvalue weighted by Crippen LogP contribution is -2.30. The zero-order chi connectivity index (χ0) is 40.4. The molecule has 8 rings (SSSR count). The minimum absolute atomic E-state index is 0.0352. The highest BCUT2D eigenvalue weighted by Gasteiger charge is 2.39. The number of rotatable bonds is 22. The molecule has 0 aromatic heterocycles. The quantitative estimate of drug-likeness (QED) is 0.0776. The van der Waals surface area contributed by atoms with Crippen LogP contribution in [0.3, 0.4) is 0 Å². The fourth-order valence-electron chi connectivity index (χ4n) is 11.5. The molecule has 8 aliphatic rings. The first-order valence-electron chi connectivity index (χ1n) is 22.9. The molecule has 0 saturated heterocycles. The van der Waals surface area contributed by atoms with Crippen LogP contribution in [0.25, 0.3) is 0 Å². The van der Waals surface area contributed by atoms with Crippen LogP contribution in [-0.4, -0.2) is 90.6 Å². The molecule has 0 N–H and O–H groups in total. The van der Waals surface area contributed by atoms with Crippen molar-refractivity contribution in [3.05, 3.63) is 48.6 Å². The number of allylic oxidation sites excluding steroid dienone is 8. The van der Waals surface area contributed by atoms with Gasteiger partial charge in [-0.05, 0) is 148 Å². The van der Waals surface area contributed by atoms with E-state index in [0.29, 0.717) is 73.6 Å². The van der Waals surface area contributed by atoms with E-state index in [2.05, 4.69) is 55.5 Å². The van der Waals surface area contributed by atoms with Gasteiger partial charge in [0.1, 0.15) is 31.5 Å². The Bertz CT molecular complexity index is 1440. The molecule has 58 heavy (non-hydrogen) atoms.